The summed E-state index contributed by atoms with van der Waals surface area (Å²) in [5.41, 5.74) is 2.28. The summed E-state index contributed by atoms with van der Waals surface area (Å²) in [4.78, 5) is 15.1. The second-order valence-electron chi connectivity index (χ2n) is 9.80. The predicted octanol–water partition coefficient (Wildman–Crippen LogP) is 0.787. The fraction of sp³-hybridized carbons (Fsp3) is 0.565. The Balaban J connectivity index is 1.55. The topological polar surface area (TPSA) is 47.8 Å². The van der Waals surface area contributed by atoms with Gasteiger partial charge >= 0.3 is 0 Å². The zero-order valence-electron chi connectivity index (χ0n) is 19.0. The molecule has 0 radical (unpaired) electrons. The molecule has 1 amide bonds. The molecule has 2 aromatic rings. The number of nitrogens with one attached hydrogen (secondary N) is 3. The van der Waals surface area contributed by atoms with Crippen molar-refractivity contribution in [1.82, 2.24) is 14.5 Å². The maximum absolute atomic E-state index is 12.2. The maximum atomic E-state index is 12.2. The first-order valence-electron chi connectivity index (χ1n) is 11.0. The number of aromatic nitrogens is 2. The highest BCUT2D eigenvalue weighted by molar-refractivity contribution is 7.71. The number of hydrogen-bond acceptors (Lipinski definition) is 2. The molecule has 0 bridgehead atoms. The highest BCUT2D eigenvalue weighted by Gasteiger charge is 2.26. The van der Waals surface area contributed by atoms with Crippen molar-refractivity contribution in [2.24, 2.45) is 0 Å². The highest BCUT2D eigenvalue weighted by atomic mass is 32.1. The zero-order valence-corrected chi connectivity index (χ0v) is 19.8. The zero-order chi connectivity index (χ0) is 21.9. The molecule has 0 atom stereocenters. The highest BCUT2D eigenvalue weighted by Crippen LogP contribution is 2.17. The van der Waals surface area contributed by atoms with E-state index in [-0.39, 0.29) is 11.4 Å². The van der Waals surface area contributed by atoms with Gasteiger partial charge in [0.1, 0.15) is 26.2 Å². The molecule has 3 rings (SSSR count). The Bertz CT molecular complexity index is 899. The summed E-state index contributed by atoms with van der Waals surface area (Å²) >= 11 is 5.75. The summed E-state index contributed by atoms with van der Waals surface area (Å²) < 4.78 is 5.08. The average Bonchev–Trinajstić information content (AvgIpc) is 3.02. The van der Waals surface area contributed by atoms with Crippen LogP contribution in [0.1, 0.15) is 46.1 Å². The van der Waals surface area contributed by atoms with Gasteiger partial charge in [0.15, 0.2) is 18.0 Å². The van der Waals surface area contributed by atoms with E-state index < -0.39 is 0 Å². The van der Waals surface area contributed by atoms with E-state index in [1.54, 1.807) is 0 Å². The van der Waals surface area contributed by atoms with Gasteiger partial charge in [0, 0.05) is 23.6 Å². The number of quaternary nitrogens is 2. The smallest absolute Gasteiger partial charge is 0.275 e. The quantitative estimate of drug-likeness (QED) is 0.593. The minimum atomic E-state index is -0.164. The van der Waals surface area contributed by atoms with Crippen LogP contribution < -0.4 is 15.1 Å². The van der Waals surface area contributed by atoms with Crippen molar-refractivity contribution in [2.75, 3.05) is 32.7 Å². The molecule has 1 saturated heterocycles. The predicted molar refractivity (Wildman–Crippen MR) is 123 cm³/mol. The number of carbonyl (C=O) groups excluding carboxylic acids is 1. The molecule has 0 unspecified atom stereocenters. The van der Waals surface area contributed by atoms with E-state index in [1.165, 1.54) is 15.4 Å². The molecular formula is C23H37N5OS+2. The van der Waals surface area contributed by atoms with Gasteiger partial charge in [-0.3, -0.25) is 13.9 Å². The SMILES string of the molecule is CC(C)c1ccc(-n2ccn(C[NH+]3CC[NH+](CC(=O)NC(C)(C)C)CC3)c2=S)cc1. The number of hydrogen-bond donors (Lipinski definition) is 3. The molecule has 3 N–H and O–H groups in total. The molecule has 1 aliphatic heterocycles. The molecule has 1 aliphatic rings. The summed E-state index contributed by atoms with van der Waals surface area (Å²) in [6, 6.07) is 8.66. The van der Waals surface area contributed by atoms with Gasteiger partial charge in [-0.25, -0.2) is 0 Å². The van der Waals surface area contributed by atoms with Crippen LogP contribution in [0.25, 0.3) is 5.69 Å². The number of imidazole rings is 1. The Morgan fingerprint density at radius 3 is 2.23 bits per heavy atom. The van der Waals surface area contributed by atoms with Gasteiger partial charge < -0.3 is 15.1 Å². The van der Waals surface area contributed by atoms with Crippen LogP contribution in [0.15, 0.2) is 36.7 Å². The molecule has 1 aromatic heterocycles. The number of carbonyl (C=O) groups is 1. The summed E-state index contributed by atoms with van der Waals surface area (Å²) in [7, 11) is 0. The van der Waals surface area contributed by atoms with E-state index in [0.29, 0.717) is 12.5 Å². The number of piperazine rings is 1. The maximum Gasteiger partial charge on any atom is 0.275 e. The molecule has 1 aromatic carbocycles. The Kier molecular flexibility index (Phi) is 7.16. The van der Waals surface area contributed by atoms with Crippen molar-refractivity contribution in [3.63, 3.8) is 0 Å². The minimum absolute atomic E-state index is 0.142. The third kappa shape index (κ3) is 6.03. The number of benzene rings is 1. The average molecular weight is 432 g/mol. The van der Waals surface area contributed by atoms with E-state index in [4.69, 9.17) is 12.2 Å². The summed E-state index contributed by atoms with van der Waals surface area (Å²) in [6.45, 7) is 16.0. The number of nitrogens with zero attached hydrogens (tertiary/aromatic N) is 2. The molecular weight excluding hydrogens is 394 g/mol. The van der Waals surface area contributed by atoms with E-state index in [9.17, 15) is 4.79 Å². The monoisotopic (exact) mass is 431 g/mol. The second kappa shape index (κ2) is 9.45. The van der Waals surface area contributed by atoms with Crippen LogP contribution in [0, 0.1) is 4.77 Å². The van der Waals surface area contributed by atoms with Crippen molar-refractivity contribution in [3.8, 4) is 5.69 Å². The van der Waals surface area contributed by atoms with E-state index in [0.717, 1.165) is 43.3 Å². The van der Waals surface area contributed by atoms with E-state index in [1.807, 2.05) is 20.8 Å². The first-order chi connectivity index (χ1) is 14.1. The summed E-state index contributed by atoms with van der Waals surface area (Å²) in [6.07, 6.45) is 4.15. The first kappa shape index (κ1) is 22.7. The van der Waals surface area contributed by atoms with Crippen LogP contribution >= 0.6 is 12.2 Å². The number of amides is 1. The van der Waals surface area contributed by atoms with Crippen LogP contribution in [0.2, 0.25) is 0 Å². The lowest BCUT2D eigenvalue weighted by atomic mass is 10.0. The Morgan fingerprint density at radius 1 is 1.07 bits per heavy atom. The van der Waals surface area contributed by atoms with Gasteiger partial charge in [0.2, 0.25) is 0 Å². The van der Waals surface area contributed by atoms with Crippen molar-refractivity contribution in [1.29, 1.82) is 0 Å². The lowest BCUT2D eigenvalue weighted by Crippen LogP contribution is -3.28. The van der Waals surface area contributed by atoms with Crippen LogP contribution in [0.5, 0.6) is 0 Å². The van der Waals surface area contributed by atoms with Crippen LogP contribution in [-0.2, 0) is 11.5 Å². The van der Waals surface area contributed by atoms with Gasteiger partial charge in [-0.05, 0) is 56.6 Å². The minimum Gasteiger partial charge on any atom is -0.347 e. The second-order valence-corrected chi connectivity index (χ2v) is 10.2. The third-order valence-corrected chi connectivity index (χ3v) is 6.10. The van der Waals surface area contributed by atoms with Gasteiger partial charge in [-0.1, -0.05) is 26.0 Å². The molecule has 0 aliphatic carbocycles. The lowest BCUT2D eigenvalue weighted by Gasteiger charge is -2.30. The molecule has 30 heavy (non-hydrogen) atoms. The molecule has 2 heterocycles. The third-order valence-electron chi connectivity index (χ3n) is 5.67. The fourth-order valence-corrected chi connectivity index (χ4v) is 4.26. The molecule has 0 saturated carbocycles. The van der Waals surface area contributed by atoms with Crippen molar-refractivity contribution >= 4 is 18.1 Å². The largest absolute Gasteiger partial charge is 0.347 e. The first-order valence-corrected chi connectivity index (χ1v) is 11.4. The fourth-order valence-electron chi connectivity index (χ4n) is 3.97. The van der Waals surface area contributed by atoms with E-state index >= 15 is 0 Å². The Labute approximate surface area is 185 Å². The molecule has 0 spiro atoms. The van der Waals surface area contributed by atoms with Crippen LogP contribution in [-0.4, -0.2) is 53.3 Å². The normalized spacial score (nSPS) is 19.8. The molecule has 6 nitrogen and oxygen atoms in total. The Morgan fingerprint density at radius 2 is 1.67 bits per heavy atom. The van der Waals surface area contributed by atoms with Gasteiger partial charge in [-0.2, -0.15) is 0 Å². The van der Waals surface area contributed by atoms with Crippen LogP contribution in [0.3, 0.4) is 0 Å². The van der Waals surface area contributed by atoms with Crippen LogP contribution in [0.4, 0.5) is 0 Å². The van der Waals surface area contributed by atoms with Gasteiger partial charge in [0.05, 0.1) is 0 Å². The molecule has 164 valence electrons. The van der Waals surface area contributed by atoms with Crippen molar-refractivity contribution in [3.05, 3.63) is 47.0 Å². The lowest BCUT2D eigenvalue weighted by molar-refractivity contribution is -1.02. The van der Waals surface area contributed by atoms with Crippen molar-refractivity contribution in [2.45, 2.75) is 52.7 Å². The van der Waals surface area contributed by atoms with Gasteiger partial charge in [0.25, 0.3) is 5.91 Å². The summed E-state index contributed by atoms with van der Waals surface area (Å²) in [5.74, 6) is 0.671. The Hall–Kier alpha value is -1.96. The molecule has 7 heteroatoms. The van der Waals surface area contributed by atoms with Gasteiger partial charge in [-0.15, -0.1) is 0 Å². The number of rotatable bonds is 6. The standard InChI is InChI=1S/C23H35N5OS/c1-18(2)19-6-8-20(9-7-19)28-15-14-27(22(28)30)17-26-12-10-25(11-13-26)16-21(29)24-23(3,4)5/h6-9,14-15,18H,10-13,16-17H2,1-5H3,(H,24,29)/p+2. The van der Waals surface area contributed by atoms with Crippen molar-refractivity contribution < 1.29 is 14.6 Å². The molecule has 1 fully saturated rings. The summed E-state index contributed by atoms with van der Waals surface area (Å²) in [5, 5.41) is 3.07. The van der Waals surface area contributed by atoms with E-state index in [2.05, 4.69) is 65.0 Å².